The third kappa shape index (κ3) is 3.92. The van der Waals surface area contributed by atoms with Crippen molar-refractivity contribution in [2.45, 2.75) is 25.8 Å². The van der Waals surface area contributed by atoms with Gasteiger partial charge in [-0.05, 0) is 38.4 Å². The molecular weight excluding hydrogens is 257 g/mol. The number of amides is 1. The van der Waals surface area contributed by atoms with E-state index in [1.807, 2.05) is 0 Å². The average molecular weight is 274 g/mol. The fourth-order valence-corrected chi connectivity index (χ4v) is 2.05. The second-order valence-corrected chi connectivity index (χ2v) is 4.43. The summed E-state index contributed by atoms with van der Waals surface area (Å²) in [7, 11) is 0. The van der Waals surface area contributed by atoms with E-state index in [1.54, 1.807) is 0 Å². The first kappa shape index (κ1) is 14.9. The molecule has 0 aliphatic carbocycles. The lowest BCUT2D eigenvalue weighted by Crippen LogP contribution is -2.40. The van der Waals surface area contributed by atoms with E-state index in [2.05, 4.69) is 22.5 Å². The monoisotopic (exact) mass is 273 g/mol. The quantitative estimate of drug-likeness (QED) is 0.866. The Morgan fingerprint density at radius 2 is 2.33 bits per heavy atom. The number of rotatable bonds is 2. The fraction of sp³-hybridized carbons (Fsp3) is 0.500. The lowest BCUT2D eigenvalue weighted by Gasteiger charge is -2.26. The molecule has 0 bridgehead atoms. The molecule has 2 rings (SSSR count). The van der Waals surface area contributed by atoms with Gasteiger partial charge in [0.25, 0.3) is 0 Å². The second-order valence-electron chi connectivity index (χ2n) is 4.43. The van der Waals surface area contributed by atoms with Crippen molar-refractivity contribution in [2.24, 2.45) is 5.92 Å². The topological polar surface area (TPSA) is 54.0 Å². The number of nitrogens with one attached hydrogen (secondary N) is 2. The highest BCUT2D eigenvalue weighted by Gasteiger charge is 2.24. The van der Waals surface area contributed by atoms with Gasteiger partial charge in [0.2, 0.25) is 5.91 Å². The standard InChI is InChI=1S/C12H16FN3O.ClH/c1-8-6-9(4-5-14-8)12(17)16-11-3-2-10(13)7-15-11;/h2-3,7-9,14H,4-6H2,1H3,(H,15,16,17);1H/t8-,9-;/m0./s1. The Morgan fingerprint density at radius 1 is 1.56 bits per heavy atom. The maximum absolute atomic E-state index is 12.6. The minimum Gasteiger partial charge on any atom is -0.314 e. The summed E-state index contributed by atoms with van der Waals surface area (Å²) in [5, 5.41) is 6.01. The van der Waals surface area contributed by atoms with Crippen LogP contribution in [-0.2, 0) is 4.79 Å². The van der Waals surface area contributed by atoms with Gasteiger partial charge in [0, 0.05) is 12.0 Å². The summed E-state index contributed by atoms with van der Waals surface area (Å²) in [5.74, 6) is -0.0170. The molecule has 18 heavy (non-hydrogen) atoms. The van der Waals surface area contributed by atoms with E-state index in [9.17, 15) is 9.18 Å². The Labute approximate surface area is 112 Å². The maximum Gasteiger partial charge on any atom is 0.228 e. The molecule has 1 aliphatic heterocycles. The van der Waals surface area contributed by atoms with Crippen molar-refractivity contribution in [1.29, 1.82) is 0 Å². The molecule has 2 heterocycles. The van der Waals surface area contributed by atoms with Crippen LogP contribution in [0.1, 0.15) is 19.8 Å². The number of hydrogen-bond donors (Lipinski definition) is 2. The number of pyridine rings is 1. The highest BCUT2D eigenvalue weighted by molar-refractivity contribution is 5.91. The van der Waals surface area contributed by atoms with E-state index in [4.69, 9.17) is 0 Å². The van der Waals surface area contributed by atoms with Gasteiger partial charge in [-0.1, -0.05) is 0 Å². The second kappa shape index (κ2) is 6.66. The molecule has 0 saturated carbocycles. The smallest absolute Gasteiger partial charge is 0.228 e. The van der Waals surface area contributed by atoms with Gasteiger partial charge in [0.05, 0.1) is 6.20 Å². The number of hydrogen-bond acceptors (Lipinski definition) is 3. The van der Waals surface area contributed by atoms with Crippen LogP contribution >= 0.6 is 12.4 Å². The number of aromatic nitrogens is 1. The van der Waals surface area contributed by atoms with Gasteiger partial charge in [-0.3, -0.25) is 4.79 Å². The van der Waals surface area contributed by atoms with Crippen molar-refractivity contribution in [3.05, 3.63) is 24.1 Å². The predicted molar refractivity (Wildman–Crippen MR) is 70.3 cm³/mol. The zero-order valence-corrected chi connectivity index (χ0v) is 11.0. The average Bonchev–Trinajstić information content (AvgIpc) is 2.32. The Hall–Kier alpha value is -1.20. The number of anilines is 1. The van der Waals surface area contributed by atoms with E-state index < -0.39 is 5.82 Å². The van der Waals surface area contributed by atoms with Crippen molar-refractivity contribution in [2.75, 3.05) is 11.9 Å². The summed E-state index contributed by atoms with van der Waals surface area (Å²) in [6.07, 6.45) is 2.76. The van der Waals surface area contributed by atoms with Crippen LogP contribution in [0.3, 0.4) is 0 Å². The molecule has 4 nitrogen and oxygen atoms in total. The van der Waals surface area contributed by atoms with Crippen molar-refractivity contribution in [3.63, 3.8) is 0 Å². The lowest BCUT2D eigenvalue weighted by atomic mass is 9.92. The van der Waals surface area contributed by atoms with Gasteiger partial charge in [0.1, 0.15) is 11.6 Å². The Kier molecular flexibility index (Phi) is 5.50. The van der Waals surface area contributed by atoms with Gasteiger partial charge in [-0.25, -0.2) is 9.37 Å². The molecule has 1 amide bonds. The molecule has 1 fully saturated rings. The number of carbonyl (C=O) groups excluding carboxylic acids is 1. The van der Waals surface area contributed by atoms with E-state index in [0.29, 0.717) is 11.9 Å². The minimum absolute atomic E-state index is 0. The molecule has 6 heteroatoms. The summed E-state index contributed by atoms with van der Waals surface area (Å²) in [6.45, 7) is 2.92. The SMILES string of the molecule is C[C@H]1C[C@@H](C(=O)Nc2ccc(F)cn2)CCN1.Cl. The van der Waals surface area contributed by atoms with Gasteiger partial charge in [-0.2, -0.15) is 0 Å². The Morgan fingerprint density at radius 3 is 2.94 bits per heavy atom. The zero-order valence-electron chi connectivity index (χ0n) is 10.1. The molecule has 1 aromatic heterocycles. The van der Waals surface area contributed by atoms with Crippen LogP contribution in [0, 0.1) is 11.7 Å². The zero-order chi connectivity index (χ0) is 12.3. The van der Waals surface area contributed by atoms with Crippen LogP contribution in [0.25, 0.3) is 0 Å². The lowest BCUT2D eigenvalue weighted by molar-refractivity contribution is -0.120. The summed E-state index contributed by atoms with van der Waals surface area (Å²) in [4.78, 5) is 15.7. The molecular formula is C12H17ClFN3O. The van der Waals surface area contributed by atoms with Gasteiger partial charge < -0.3 is 10.6 Å². The summed E-state index contributed by atoms with van der Waals surface area (Å²) in [5.41, 5.74) is 0. The highest BCUT2D eigenvalue weighted by Crippen LogP contribution is 2.17. The fourth-order valence-electron chi connectivity index (χ4n) is 2.05. The van der Waals surface area contributed by atoms with Crippen LogP contribution in [0.2, 0.25) is 0 Å². The normalized spacial score (nSPS) is 23.0. The van der Waals surface area contributed by atoms with E-state index in [0.717, 1.165) is 25.6 Å². The predicted octanol–water partition coefficient (Wildman–Crippen LogP) is 1.97. The number of halogens is 2. The first-order chi connectivity index (χ1) is 8.15. The molecule has 0 unspecified atom stereocenters. The summed E-state index contributed by atoms with van der Waals surface area (Å²) in [6, 6.07) is 3.12. The minimum atomic E-state index is -0.404. The first-order valence-corrected chi connectivity index (χ1v) is 5.81. The van der Waals surface area contributed by atoms with Crippen molar-refractivity contribution in [1.82, 2.24) is 10.3 Å². The summed E-state index contributed by atoms with van der Waals surface area (Å²) >= 11 is 0. The molecule has 100 valence electrons. The van der Waals surface area contributed by atoms with Gasteiger partial charge >= 0.3 is 0 Å². The highest BCUT2D eigenvalue weighted by atomic mass is 35.5. The van der Waals surface area contributed by atoms with Crippen LogP contribution in [0.4, 0.5) is 10.2 Å². The number of piperidine rings is 1. The molecule has 0 spiro atoms. The Bertz CT molecular complexity index is 399. The molecule has 0 aromatic carbocycles. The Balaban J connectivity index is 0.00000162. The first-order valence-electron chi connectivity index (χ1n) is 5.81. The molecule has 2 N–H and O–H groups in total. The molecule has 1 aliphatic rings. The largest absolute Gasteiger partial charge is 0.314 e. The van der Waals surface area contributed by atoms with Crippen LogP contribution in [0.15, 0.2) is 18.3 Å². The summed E-state index contributed by atoms with van der Waals surface area (Å²) < 4.78 is 12.6. The van der Waals surface area contributed by atoms with Crippen LogP contribution in [-0.4, -0.2) is 23.5 Å². The number of nitrogens with zero attached hydrogens (tertiary/aromatic N) is 1. The van der Waals surface area contributed by atoms with E-state index in [1.165, 1.54) is 12.1 Å². The third-order valence-corrected chi connectivity index (χ3v) is 2.97. The van der Waals surface area contributed by atoms with Crippen molar-refractivity contribution >= 4 is 24.1 Å². The van der Waals surface area contributed by atoms with E-state index in [-0.39, 0.29) is 24.2 Å². The van der Waals surface area contributed by atoms with Crippen molar-refractivity contribution < 1.29 is 9.18 Å². The molecule has 1 aromatic rings. The van der Waals surface area contributed by atoms with Gasteiger partial charge in [-0.15, -0.1) is 12.4 Å². The van der Waals surface area contributed by atoms with Crippen molar-refractivity contribution in [3.8, 4) is 0 Å². The number of carbonyl (C=O) groups is 1. The van der Waals surface area contributed by atoms with Crippen LogP contribution < -0.4 is 10.6 Å². The van der Waals surface area contributed by atoms with Crippen LogP contribution in [0.5, 0.6) is 0 Å². The molecule has 1 saturated heterocycles. The molecule has 2 atom stereocenters. The maximum atomic E-state index is 12.6. The van der Waals surface area contributed by atoms with Gasteiger partial charge in [0.15, 0.2) is 0 Å². The third-order valence-electron chi connectivity index (χ3n) is 2.97. The van der Waals surface area contributed by atoms with E-state index >= 15 is 0 Å². The molecule has 0 radical (unpaired) electrons.